The first-order valence-corrected chi connectivity index (χ1v) is 8.92. The number of carbonyl (C=O) groups is 1. The minimum absolute atomic E-state index is 0.166. The van der Waals surface area contributed by atoms with Crippen molar-refractivity contribution in [3.05, 3.63) is 71.3 Å². The fourth-order valence-corrected chi connectivity index (χ4v) is 3.03. The molecule has 28 heavy (non-hydrogen) atoms. The quantitative estimate of drug-likeness (QED) is 0.682. The molecule has 0 aliphatic carbocycles. The number of anilines is 1. The van der Waals surface area contributed by atoms with Gasteiger partial charge in [-0.2, -0.15) is 5.10 Å². The molecule has 0 saturated heterocycles. The summed E-state index contributed by atoms with van der Waals surface area (Å²) >= 11 is 0. The minimum Gasteiger partial charge on any atom is -0.494 e. The first-order chi connectivity index (χ1) is 13.4. The summed E-state index contributed by atoms with van der Waals surface area (Å²) in [6.07, 6.45) is 0. The van der Waals surface area contributed by atoms with E-state index in [-0.39, 0.29) is 11.8 Å². The van der Waals surface area contributed by atoms with Crippen LogP contribution in [0.5, 0.6) is 5.75 Å². The van der Waals surface area contributed by atoms with E-state index in [0.717, 1.165) is 17.1 Å². The Kier molecular flexibility index (Phi) is 5.63. The van der Waals surface area contributed by atoms with Crippen molar-refractivity contribution in [2.75, 3.05) is 12.4 Å². The summed E-state index contributed by atoms with van der Waals surface area (Å²) in [6, 6.07) is 13.2. The average molecular weight is 382 g/mol. The number of halogens is 1. The van der Waals surface area contributed by atoms with Crippen LogP contribution in [0.25, 0.3) is 5.69 Å². The van der Waals surface area contributed by atoms with E-state index in [1.165, 1.54) is 13.2 Å². The van der Waals surface area contributed by atoms with Crippen LogP contribution >= 0.6 is 0 Å². The molecule has 6 nitrogen and oxygen atoms in total. The number of hydrogen-bond acceptors (Lipinski definition) is 3. The Balaban J connectivity index is 1.75. The van der Waals surface area contributed by atoms with Crippen molar-refractivity contribution in [1.82, 2.24) is 15.1 Å². The maximum absolute atomic E-state index is 13.9. The highest BCUT2D eigenvalue weighted by molar-refractivity contribution is 5.91. The molecule has 0 aliphatic rings. The van der Waals surface area contributed by atoms with Gasteiger partial charge in [-0.1, -0.05) is 18.2 Å². The second-order valence-corrected chi connectivity index (χ2v) is 6.57. The van der Waals surface area contributed by atoms with Crippen molar-refractivity contribution in [3.63, 3.8) is 0 Å². The van der Waals surface area contributed by atoms with E-state index >= 15 is 0 Å². The van der Waals surface area contributed by atoms with Gasteiger partial charge in [0.25, 0.3) is 0 Å². The number of aromatic nitrogens is 2. The third-order valence-corrected chi connectivity index (χ3v) is 4.41. The number of hydrogen-bond donors (Lipinski definition) is 2. The molecule has 1 atom stereocenters. The number of rotatable bonds is 5. The topological polar surface area (TPSA) is 68.2 Å². The van der Waals surface area contributed by atoms with Gasteiger partial charge in [-0.25, -0.2) is 13.9 Å². The summed E-state index contributed by atoms with van der Waals surface area (Å²) in [4.78, 5) is 12.5. The van der Waals surface area contributed by atoms with E-state index in [1.807, 2.05) is 44.2 Å². The molecule has 0 saturated carbocycles. The summed E-state index contributed by atoms with van der Waals surface area (Å²) in [6.45, 7) is 5.66. The molecule has 1 heterocycles. The van der Waals surface area contributed by atoms with Crippen molar-refractivity contribution in [2.45, 2.75) is 26.8 Å². The Bertz CT molecular complexity index is 1000. The third-order valence-electron chi connectivity index (χ3n) is 4.41. The Hall–Kier alpha value is -3.35. The Morgan fingerprint density at radius 2 is 1.93 bits per heavy atom. The number of amides is 2. The van der Waals surface area contributed by atoms with Crippen LogP contribution in [0.2, 0.25) is 0 Å². The summed E-state index contributed by atoms with van der Waals surface area (Å²) < 4.78 is 20.6. The van der Waals surface area contributed by atoms with Crippen molar-refractivity contribution in [2.24, 2.45) is 0 Å². The van der Waals surface area contributed by atoms with Gasteiger partial charge in [0.05, 0.1) is 30.2 Å². The monoisotopic (exact) mass is 382 g/mol. The van der Waals surface area contributed by atoms with E-state index < -0.39 is 11.8 Å². The molecule has 1 aromatic heterocycles. The number of methoxy groups -OCH3 is 1. The van der Waals surface area contributed by atoms with E-state index in [2.05, 4.69) is 15.7 Å². The predicted octanol–water partition coefficient (Wildman–Crippen LogP) is 4.52. The highest BCUT2D eigenvalue weighted by Gasteiger charge is 2.15. The van der Waals surface area contributed by atoms with Gasteiger partial charge < -0.3 is 15.4 Å². The molecular weight excluding hydrogens is 359 g/mol. The number of benzene rings is 2. The lowest BCUT2D eigenvalue weighted by Crippen LogP contribution is -2.31. The predicted molar refractivity (Wildman–Crippen MR) is 107 cm³/mol. The molecule has 3 rings (SSSR count). The minimum atomic E-state index is -0.469. The van der Waals surface area contributed by atoms with Crippen LogP contribution < -0.4 is 15.4 Å². The number of urea groups is 1. The normalized spacial score (nSPS) is 11.8. The van der Waals surface area contributed by atoms with E-state index in [4.69, 9.17) is 4.74 Å². The Morgan fingerprint density at radius 3 is 2.57 bits per heavy atom. The fraction of sp³-hybridized carbons (Fsp3) is 0.238. The molecule has 2 N–H and O–H groups in total. The van der Waals surface area contributed by atoms with Crippen molar-refractivity contribution >= 4 is 11.7 Å². The van der Waals surface area contributed by atoms with Crippen LogP contribution in [0.15, 0.2) is 48.5 Å². The molecule has 7 heteroatoms. The molecular formula is C21H23FN4O2. The van der Waals surface area contributed by atoms with E-state index in [9.17, 15) is 9.18 Å². The molecule has 0 spiro atoms. The molecule has 0 aliphatic heterocycles. The third kappa shape index (κ3) is 4.14. The van der Waals surface area contributed by atoms with Crippen LogP contribution in [0.3, 0.4) is 0 Å². The zero-order valence-corrected chi connectivity index (χ0v) is 16.3. The van der Waals surface area contributed by atoms with Gasteiger partial charge in [0.15, 0.2) is 11.6 Å². The summed E-state index contributed by atoms with van der Waals surface area (Å²) in [5.41, 5.74) is 3.90. The van der Waals surface area contributed by atoms with Crippen LogP contribution in [-0.2, 0) is 0 Å². The standard InChI is InChI=1S/C21H23FN4O2/c1-13-11-14(2)26(25-13)19-8-6-5-7-18(19)24-21(27)23-15(3)16-9-10-20(28-4)17(22)12-16/h5-12,15H,1-4H3,(H2,23,24,27). The molecule has 0 fully saturated rings. The van der Waals surface area contributed by atoms with Crippen LogP contribution in [0.4, 0.5) is 14.9 Å². The first kappa shape index (κ1) is 19.4. The summed E-state index contributed by atoms with van der Waals surface area (Å²) in [5, 5.41) is 10.1. The van der Waals surface area contributed by atoms with Gasteiger partial charge in [0.1, 0.15) is 0 Å². The largest absolute Gasteiger partial charge is 0.494 e. The molecule has 3 aromatic rings. The van der Waals surface area contributed by atoms with Crippen LogP contribution in [0.1, 0.15) is 29.9 Å². The van der Waals surface area contributed by atoms with Crippen LogP contribution in [-0.4, -0.2) is 22.9 Å². The molecule has 146 valence electrons. The van der Waals surface area contributed by atoms with Gasteiger partial charge in [-0.3, -0.25) is 0 Å². The lowest BCUT2D eigenvalue weighted by molar-refractivity contribution is 0.249. The second-order valence-electron chi connectivity index (χ2n) is 6.57. The molecule has 2 aromatic carbocycles. The highest BCUT2D eigenvalue weighted by Crippen LogP contribution is 2.23. The Morgan fingerprint density at radius 1 is 1.18 bits per heavy atom. The van der Waals surface area contributed by atoms with Gasteiger partial charge in [-0.05, 0) is 56.7 Å². The summed E-state index contributed by atoms with van der Waals surface area (Å²) in [7, 11) is 1.41. The van der Waals surface area contributed by atoms with E-state index in [0.29, 0.717) is 11.3 Å². The number of carbonyl (C=O) groups excluding carboxylic acids is 1. The van der Waals surface area contributed by atoms with Crippen molar-refractivity contribution < 1.29 is 13.9 Å². The highest BCUT2D eigenvalue weighted by atomic mass is 19.1. The first-order valence-electron chi connectivity index (χ1n) is 8.92. The van der Waals surface area contributed by atoms with Crippen LogP contribution in [0, 0.1) is 19.7 Å². The van der Waals surface area contributed by atoms with Gasteiger partial charge >= 0.3 is 6.03 Å². The maximum atomic E-state index is 13.9. The number of para-hydroxylation sites is 2. The molecule has 1 unspecified atom stereocenters. The maximum Gasteiger partial charge on any atom is 0.319 e. The SMILES string of the molecule is COc1ccc(C(C)NC(=O)Nc2ccccc2-n2nc(C)cc2C)cc1F. The molecule has 0 radical (unpaired) electrons. The molecule has 0 bridgehead atoms. The van der Waals surface area contributed by atoms with Crippen molar-refractivity contribution in [3.8, 4) is 11.4 Å². The Labute approximate surface area is 163 Å². The average Bonchev–Trinajstić information content (AvgIpc) is 3.00. The van der Waals surface area contributed by atoms with E-state index in [1.54, 1.807) is 23.7 Å². The smallest absolute Gasteiger partial charge is 0.319 e. The molecule has 2 amide bonds. The zero-order valence-electron chi connectivity index (χ0n) is 16.3. The van der Waals surface area contributed by atoms with Gasteiger partial charge in [0.2, 0.25) is 0 Å². The lowest BCUT2D eigenvalue weighted by Gasteiger charge is -2.17. The fourth-order valence-electron chi connectivity index (χ4n) is 3.03. The number of nitrogens with zero attached hydrogens (tertiary/aromatic N) is 2. The number of ether oxygens (including phenoxy) is 1. The summed E-state index contributed by atoms with van der Waals surface area (Å²) in [5.74, 6) is -0.303. The zero-order chi connectivity index (χ0) is 20.3. The van der Waals surface area contributed by atoms with Gasteiger partial charge in [0, 0.05) is 5.69 Å². The lowest BCUT2D eigenvalue weighted by atomic mass is 10.1. The number of nitrogens with one attached hydrogen (secondary N) is 2. The van der Waals surface area contributed by atoms with Gasteiger partial charge in [-0.15, -0.1) is 0 Å². The van der Waals surface area contributed by atoms with Crippen molar-refractivity contribution in [1.29, 1.82) is 0 Å². The number of aryl methyl sites for hydroxylation is 2. The second kappa shape index (κ2) is 8.12.